The van der Waals surface area contributed by atoms with Crippen molar-refractivity contribution in [2.45, 2.75) is 13.8 Å². The summed E-state index contributed by atoms with van der Waals surface area (Å²) in [6, 6.07) is 8.19. The summed E-state index contributed by atoms with van der Waals surface area (Å²) in [5.74, 6) is 0.789. The van der Waals surface area contributed by atoms with Crippen LogP contribution in [-0.4, -0.2) is 9.97 Å². The van der Waals surface area contributed by atoms with Crippen LogP contribution in [0.3, 0.4) is 0 Å². The summed E-state index contributed by atoms with van der Waals surface area (Å²) >= 11 is 10.6. The van der Waals surface area contributed by atoms with Gasteiger partial charge in [0.15, 0.2) is 0 Å². The first-order chi connectivity index (χ1) is 10.5. The fraction of sp³-hybridized carbons (Fsp3) is 0.125. The zero-order valence-electron chi connectivity index (χ0n) is 11.9. The zero-order valence-corrected chi connectivity index (χ0v) is 16.7. The molecular formula is C16H12Br3N3. The Morgan fingerprint density at radius 2 is 1.50 bits per heavy atom. The van der Waals surface area contributed by atoms with E-state index in [9.17, 15) is 0 Å². The zero-order chi connectivity index (χ0) is 15.9. The van der Waals surface area contributed by atoms with Crippen LogP contribution >= 0.6 is 47.8 Å². The van der Waals surface area contributed by atoms with Crippen molar-refractivity contribution in [2.24, 2.45) is 0 Å². The van der Waals surface area contributed by atoms with Crippen molar-refractivity contribution in [1.82, 2.24) is 9.97 Å². The van der Waals surface area contributed by atoms with Gasteiger partial charge in [-0.25, -0.2) is 9.97 Å². The summed E-state index contributed by atoms with van der Waals surface area (Å²) in [4.78, 5) is 8.76. The predicted molar refractivity (Wildman–Crippen MR) is 102 cm³/mol. The van der Waals surface area contributed by atoms with Crippen LogP contribution in [0.4, 0.5) is 11.5 Å². The number of rotatable bonds is 2. The molecule has 3 rings (SSSR count). The smallest absolute Gasteiger partial charge is 0.141 e. The molecule has 112 valence electrons. The molecule has 0 bridgehead atoms. The van der Waals surface area contributed by atoms with Crippen LogP contribution in [-0.2, 0) is 0 Å². The highest BCUT2D eigenvalue weighted by Gasteiger charge is 2.11. The molecule has 0 saturated carbocycles. The highest BCUT2D eigenvalue weighted by atomic mass is 79.9. The van der Waals surface area contributed by atoms with Crippen LogP contribution in [0.25, 0.3) is 10.9 Å². The summed E-state index contributed by atoms with van der Waals surface area (Å²) in [6.45, 7) is 4.18. The SMILES string of the molecule is Cc1cc2ncnc(Nc3c(Br)cc(Br)cc3Br)c2cc1C. The van der Waals surface area contributed by atoms with Gasteiger partial charge in [-0.3, -0.25) is 0 Å². The first kappa shape index (κ1) is 15.9. The summed E-state index contributed by atoms with van der Waals surface area (Å²) in [5, 5.41) is 4.40. The average Bonchev–Trinajstić information content (AvgIpc) is 2.44. The molecular weight excluding hydrogens is 474 g/mol. The summed E-state index contributed by atoms with van der Waals surface area (Å²) in [5.41, 5.74) is 4.31. The van der Waals surface area contributed by atoms with E-state index in [-0.39, 0.29) is 0 Å². The van der Waals surface area contributed by atoms with Crippen molar-refractivity contribution >= 4 is 70.2 Å². The Hall–Kier alpha value is -0.980. The Morgan fingerprint density at radius 3 is 2.18 bits per heavy atom. The second kappa shape index (κ2) is 6.26. The van der Waals surface area contributed by atoms with E-state index < -0.39 is 0 Å². The Kier molecular flexibility index (Phi) is 4.52. The van der Waals surface area contributed by atoms with Gasteiger partial charge in [0.25, 0.3) is 0 Å². The fourth-order valence-corrected chi connectivity index (χ4v) is 4.65. The van der Waals surface area contributed by atoms with Crippen LogP contribution in [0.5, 0.6) is 0 Å². The number of nitrogens with zero attached hydrogens (tertiary/aromatic N) is 2. The van der Waals surface area contributed by atoms with Crippen molar-refractivity contribution in [3.8, 4) is 0 Å². The maximum atomic E-state index is 4.40. The van der Waals surface area contributed by atoms with E-state index >= 15 is 0 Å². The number of hydrogen-bond acceptors (Lipinski definition) is 3. The number of nitrogens with one attached hydrogen (secondary N) is 1. The minimum atomic E-state index is 0.789. The average molecular weight is 486 g/mol. The lowest BCUT2D eigenvalue weighted by atomic mass is 10.1. The van der Waals surface area contributed by atoms with E-state index in [1.165, 1.54) is 11.1 Å². The van der Waals surface area contributed by atoms with Crippen LogP contribution in [0.1, 0.15) is 11.1 Å². The second-order valence-electron chi connectivity index (χ2n) is 5.05. The molecule has 3 aromatic rings. The van der Waals surface area contributed by atoms with Gasteiger partial charge in [0.2, 0.25) is 0 Å². The molecule has 0 spiro atoms. The summed E-state index contributed by atoms with van der Waals surface area (Å²) in [6.07, 6.45) is 1.58. The highest BCUT2D eigenvalue weighted by molar-refractivity contribution is 9.11. The third-order valence-corrected chi connectivity index (χ3v) is 5.21. The van der Waals surface area contributed by atoms with Gasteiger partial charge in [0.05, 0.1) is 11.2 Å². The molecule has 0 aliphatic heterocycles. The predicted octanol–water partition coefficient (Wildman–Crippen LogP) is 6.28. The first-order valence-electron chi connectivity index (χ1n) is 6.59. The normalized spacial score (nSPS) is 11.0. The molecule has 0 aliphatic rings. The number of fused-ring (bicyclic) bond motifs is 1. The van der Waals surface area contributed by atoms with Crippen molar-refractivity contribution in [1.29, 1.82) is 0 Å². The maximum absolute atomic E-state index is 4.40. The third-order valence-electron chi connectivity index (χ3n) is 3.50. The molecule has 0 unspecified atom stereocenters. The summed E-state index contributed by atoms with van der Waals surface area (Å²) < 4.78 is 2.89. The highest BCUT2D eigenvalue weighted by Crippen LogP contribution is 2.37. The molecule has 0 amide bonds. The Bertz CT molecular complexity index is 855. The van der Waals surface area contributed by atoms with E-state index in [4.69, 9.17) is 0 Å². The minimum absolute atomic E-state index is 0.789. The van der Waals surface area contributed by atoms with E-state index in [1.54, 1.807) is 6.33 Å². The van der Waals surface area contributed by atoms with Gasteiger partial charge in [0, 0.05) is 18.8 Å². The lowest BCUT2D eigenvalue weighted by molar-refractivity contribution is 1.21. The van der Waals surface area contributed by atoms with Gasteiger partial charge >= 0.3 is 0 Å². The number of aromatic nitrogens is 2. The van der Waals surface area contributed by atoms with E-state index in [2.05, 4.69) is 89.1 Å². The molecule has 0 radical (unpaired) electrons. The Balaban J connectivity index is 2.14. The molecule has 1 N–H and O–H groups in total. The monoisotopic (exact) mass is 483 g/mol. The lowest BCUT2D eigenvalue weighted by Crippen LogP contribution is -1.98. The molecule has 0 fully saturated rings. The quantitative estimate of drug-likeness (QED) is 0.464. The number of halogens is 3. The maximum Gasteiger partial charge on any atom is 0.141 e. The van der Waals surface area contributed by atoms with Crippen molar-refractivity contribution in [3.05, 3.63) is 55.1 Å². The van der Waals surface area contributed by atoms with Gasteiger partial charge in [-0.05, 0) is 81.1 Å². The van der Waals surface area contributed by atoms with Gasteiger partial charge in [-0.1, -0.05) is 15.9 Å². The molecule has 22 heavy (non-hydrogen) atoms. The van der Waals surface area contributed by atoms with Crippen molar-refractivity contribution < 1.29 is 0 Å². The minimum Gasteiger partial charge on any atom is -0.338 e. The van der Waals surface area contributed by atoms with Crippen molar-refractivity contribution in [3.63, 3.8) is 0 Å². The van der Waals surface area contributed by atoms with Gasteiger partial charge in [0.1, 0.15) is 12.1 Å². The van der Waals surface area contributed by atoms with Gasteiger partial charge in [-0.2, -0.15) is 0 Å². The van der Waals surface area contributed by atoms with Crippen molar-refractivity contribution in [2.75, 3.05) is 5.32 Å². The molecule has 0 aliphatic carbocycles. The molecule has 6 heteroatoms. The molecule has 1 aromatic heterocycles. The third kappa shape index (κ3) is 3.05. The molecule has 3 nitrogen and oxygen atoms in total. The van der Waals surface area contributed by atoms with Crippen LogP contribution in [0, 0.1) is 13.8 Å². The molecule has 1 heterocycles. The number of hydrogen-bond donors (Lipinski definition) is 1. The first-order valence-corrected chi connectivity index (χ1v) is 8.97. The fourth-order valence-electron chi connectivity index (χ4n) is 2.20. The van der Waals surface area contributed by atoms with Crippen LogP contribution < -0.4 is 5.32 Å². The van der Waals surface area contributed by atoms with Gasteiger partial charge < -0.3 is 5.32 Å². The number of benzene rings is 2. The standard InChI is InChI=1S/C16H12Br3N3/c1-8-3-11-14(4-9(8)2)20-7-21-16(11)22-15-12(18)5-10(17)6-13(15)19/h3-7H,1-2H3,(H,20,21,22). The van der Waals surface area contributed by atoms with E-state index in [0.717, 1.165) is 35.8 Å². The molecule has 2 aromatic carbocycles. The largest absolute Gasteiger partial charge is 0.338 e. The molecule has 0 atom stereocenters. The molecule has 0 saturated heterocycles. The summed E-state index contributed by atoms with van der Waals surface area (Å²) in [7, 11) is 0. The topological polar surface area (TPSA) is 37.8 Å². The second-order valence-corrected chi connectivity index (χ2v) is 7.67. The number of aryl methyl sites for hydroxylation is 2. The van der Waals surface area contributed by atoms with E-state index in [1.807, 2.05) is 12.1 Å². The number of anilines is 2. The lowest BCUT2D eigenvalue weighted by Gasteiger charge is -2.13. The Labute approximate surface area is 153 Å². The van der Waals surface area contributed by atoms with Gasteiger partial charge in [-0.15, -0.1) is 0 Å². The van der Waals surface area contributed by atoms with Crippen LogP contribution in [0.15, 0.2) is 44.0 Å². The van der Waals surface area contributed by atoms with Crippen LogP contribution in [0.2, 0.25) is 0 Å². The van der Waals surface area contributed by atoms with E-state index in [0.29, 0.717) is 0 Å². The Morgan fingerprint density at radius 1 is 0.864 bits per heavy atom.